The van der Waals surface area contributed by atoms with E-state index in [-0.39, 0.29) is 18.3 Å². The molecule has 0 saturated carbocycles. The molecule has 1 heterocycles. The van der Waals surface area contributed by atoms with Crippen molar-refractivity contribution in [1.82, 2.24) is 9.88 Å². The smallest absolute Gasteiger partial charge is 0.317 e. The summed E-state index contributed by atoms with van der Waals surface area (Å²) < 4.78 is 0. The van der Waals surface area contributed by atoms with E-state index in [9.17, 15) is 9.90 Å². The van der Waals surface area contributed by atoms with E-state index in [2.05, 4.69) is 4.98 Å². The van der Waals surface area contributed by atoms with E-state index in [4.69, 9.17) is 5.11 Å². The van der Waals surface area contributed by atoms with Crippen molar-refractivity contribution in [1.29, 1.82) is 0 Å². The molecule has 0 aliphatic rings. The summed E-state index contributed by atoms with van der Waals surface area (Å²) in [5.41, 5.74) is 1.33. The Labute approximate surface area is 107 Å². The first-order valence-corrected chi connectivity index (χ1v) is 6.05. The molecule has 0 saturated heterocycles. The average Bonchev–Trinajstić information content (AvgIpc) is 2.31. The third-order valence-corrected chi connectivity index (χ3v) is 2.99. The number of rotatable bonds is 6. The number of aromatic nitrogens is 1. The van der Waals surface area contributed by atoms with Crippen LogP contribution in [0.25, 0.3) is 0 Å². The van der Waals surface area contributed by atoms with Crippen LogP contribution in [0.3, 0.4) is 0 Å². The minimum atomic E-state index is -0.873. The van der Waals surface area contributed by atoms with Crippen LogP contribution in [0.5, 0.6) is 5.75 Å². The molecule has 0 radical (unpaired) electrons. The zero-order chi connectivity index (χ0) is 13.7. The number of aryl methyl sites for hydroxylation is 1. The van der Waals surface area contributed by atoms with Crippen LogP contribution in [-0.4, -0.2) is 38.7 Å². The summed E-state index contributed by atoms with van der Waals surface area (Å²) >= 11 is 0. The first kappa shape index (κ1) is 14.4. The molecule has 1 unspecified atom stereocenters. The Kier molecular flexibility index (Phi) is 5.09. The highest BCUT2D eigenvalue weighted by Gasteiger charge is 2.18. The number of aromatic hydroxyl groups is 1. The van der Waals surface area contributed by atoms with Crippen molar-refractivity contribution in [3.05, 3.63) is 23.5 Å². The van der Waals surface area contributed by atoms with Crippen LogP contribution in [0, 0.1) is 6.92 Å². The predicted octanol–water partition coefficient (Wildman–Crippen LogP) is 1.78. The number of hydrogen-bond donors (Lipinski definition) is 2. The SMILES string of the molecule is CCC(C)N(CC(=O)O)Cc1nc(C)ccc1O. The largest absolute Gasteiger partial charge is 0.506 e. The van der Waals surface area contributed by atoms with Gasteiger partial charge in [-0.15, -0.1) is 0 Å². The fraction of sp³-hybridized carbons (Fsp3) is 0.538. The molecular weight excluding hydrogens is 232 g/mol. The van der Waals surface area contributed by atoms with Crippen LogP contribution in [0.1, 0.15) is 31.7 Å². The summed E-state index contributed by atoms with van der Waals surface area (Å²) in [4.78, 5) is 16.9. The van der Waals surface area contributed by atoms with E-state index >= 15 is 0 Å². The molecule has 5 nitrogen and oxygen atoms in total. The Morgan fingerprint density at radius 1 is 1.50 bits per heavy atom. The zero-order valence-electron chi connectivity index (χ0n) is 11.1. The second-order valence-corrected chi connectivity index (χ2v) is 4.47. The van der Waals surface area contributed by atoms with Crippen LogP contribution in [0.4, 0.5) is 0 Å². The fourth-order valence-electron chi connectivity index (χ4n) is 1.71. The quantitative estimate of drug-likeness (QED) is 0.807. The van der Waals surface area contributed by atoms with Gasteiger partial charge in [0.15, 0.2) is 0 Å². The molecule has 2 N–H and O–H groups in total. The molecule has 0 aliphatic heterocycles. The van der Waals surface area contributed by atoms with Crippen LogP contribution < -0.4 is 0 Å². The zero-order valence-corrected chi connectivity index (χ0v) is 11.1. The van der Waals surface area contributed by atoms with Crippen LogP contribution in [0.2, 0.25) is 0 Å². The highest BCUT2D eigenvalue weighted by molar-refractivity contribution is 5.69. The summed E-state index contributed by atoms with van der Waals surface area (Å²) in [5.74, 6) is -0.762. The van der Waals surface area contributed by atoms with E-state index < -0.39 is 5.97 Å². The molecule has 5 heteroatoms. The van der Waals surface area contributed by atoms with Gasteiger partial charge >= 0.3 is 5.97 Å². The second kappa shape index (κ2) is 6.35. The van der Waals surface area contributed by atoms with Crippen LogP contribution >= 0.6 is 0 Å². The molecule has 0 bridgehead atoms. The Bertz CT molecular complexity index is 421. The number of nitrogens with zero attached hydrogens (tertiary/aromatic N) is 2. The lowest BCUT2D eigenvalue weighted by molar-refractivity contribution is -0.139. The normalized spacial score (nSPS) is 12.7. The fourth-order valence-corrected chi connectivity index (χ4v) is 1.71. The molecular formula is C13H20N2O3. The van der Waals surface area contributed by atoms with Crippen LogP contribution in [0.15, 0.2) is 12.1 Å². The number of carboxylic acid groups (broad SMARTS) is 1. The number of carboxylic acids is 1. The van der Waals surface area contributed by atoms with Crippen molar-refractivity contribution >= 4 is 5.97 Å². The number of carbonyl (C=O) groups is 1. The molecule has 0 spiro atoms. The summed E-state index contributed by atoms with van der Waals surface area (Å²) in [6.45, 7) is 6.10. The standard InChI is InChI=1S/C13H20N2O3/c1-4-10(3)15(8-13(17)18)7-11-12(16)6-5-9(2)14-11/h5-6,10,16H,4,7-8H2,1-3H3,(H,17,18). The number of aliphatic carboxylic acids is 1. The van der Waals surface area contributed by atoms with Gasteiger partial charge in [-0.2, -0.15) is 0 Å². The van der Waals surface area contributed by atoms with Gasteiger partial charge in [-0.1, -0.05) is 6.92 Å². The van der Waals surface area contributed by atoms with Gasteiger partial charge in [0.2, 0.25) is 0 Å². The maximum atomic E-state index is 10.8. The summed E-state index contributed by atoms with van der Waals surface area (Å²) in [5, 5.41) is 18.6. The van der Waals surface area contributed by atoms with Crippen molar-refractivity contribution < 1.29 is 15.0 Å². The minimum absolute atomic E-state index is 0.0515. The second-order valence-electron chi connectivity index (χ2n) is 4.47. The molecule has 1 aromatic rings. The van der Waals surface area contributed by atoms with Crippen molar-refractivity contribution in [2.75, 3.05) is 6.54 Å². The highest BCUT2D eigenvalue weighted by Crippen LogP contribution is 2.18. The maximum absolute atomic E-state index is 10.8. The summed E-state index contributed by atoms with van der Waals surface area (Å²) in [6.07, 6.45) is 0.847. The van der Waals surface area contributed by atoms with Gasteiger partial charge in [-0.05, 0) is 32.4 Å². The molecule has 18 heavy (non-hydrogen) atoms. The highest BCUT2D eigenvalue weighted by atomic mass is 16.4. The van der Waals surface area contributed by atoms with Crippen molar-refractivity contribution in [3.8, 4) is 5.75 Å². The molecule has 1 rings (SSSR count). The van der Waals surface area contributed by atoms with Crippen molar-refractivity contribution in [2.24, 2.45) is 0 Å². The van der Waals surface area contributed by atoms with Gasteiger partial charge in [0.05, 0.1) is 12.2 Å². The topological polar surface area (TPSA) is 73.7 Å². The van der Waals surface area contributed by atoms with Crippen molar-refractivity contribution in [2.45, 2.75) is 39.8 Å². The predicted molar refractivity (Wildman–Crippen MR) is 68.4 cm³/mol. The monoisotopic (exact) mass is 252 g/mol. The Morgan fingerprint density at radius 3 is 2.72 bits per heavy atom. The number of hydrogen-bond acceptors (Lipinski definition) is 4. The summed E-state index contributed by atoms with van der Waals surface area (Å²) in [6, 6.07) is 3.44. The first-order valence-electron chi connectivity index (χ1n) is 6.05. The van der Waals surface area contributed by atoms with Gasteiger partial charge in [0.1, 0.15) is 5.75 Å². The first-order chi connectivity index (χ1) is 8.43. The molecule has 100 valence electrons. The van der Waals surface area contributed by atoms with E-state index in [0.29, 0.717) is 12.2 Å². The van der Waals surface area contributed by atoms with E-state index in [0.717, 1.165) is 12.1 Å². The molecule has 0 aliphatic carbocycles. The van der Waals surface area contributed by atoms with Crippen molar-refractivity contribution in [3.63, 3.8) is 0 Å². The van der Waals surface area contributed by atoms with Gasteiger partial charge in [-0.25, -0.2) is 0 Å². The third-order valence-electron chi connectivity index (χ3n) is 2.99. The molecule has 1 aromatic heterocycles. The molecule has 0 amide bonds. The Morgan fingerprint density at radius 2 is 2.17 bits per heavy atom. The van der Waals surface area contributed by atoms with E-state index in [1.165, 1.54) is 0 Å². The molecule has 1 atom stereocenters. The van der Waals surface area contributed by atoms with Gasteiger partial charge in [0.25, 0.3) is 0 Å². The number of pyridine rings is 1. The van der Waals surface area contributed by atoms with E-state index in [1.54, 1.807) is 17.0 Å². The Balaban J connectivity index is 2.88. The summed E-state index contributed by atoms with van der Waals surface area (Å²) in [7, 11) is 0. The molecule has 0 fully saturated rings. The lowest BCUT2D eigenvalue weighted by Crippen LogP contribution is -2.36. The lowest BCUT2D eigenvalue weighted by Gasteiger charge is -2.26. The average molecular weight is 252 g/mol. The van der Waals surface area contributed by atoms with Gasteiger partial charge < -0.3 is 10.2 Å². The van der Waals surface area contributed by atoms with Gasteiger partial charge in [0, 0.05) is 18.3 Å². The van der Waals surface area contributed by atoms with Crippen LogP contribution in [-0.2, 0) is 11.3 Å². The maximum Gasteiger partial charge on any atom is 0.317 e. The van der Waals surface area contributed by atoms with Gasteiger partial charge in [-0.3, -0.25) is 14.7 Å². The lowest BCUT2D eigenvalue weighted by atomic mass is 10.2. The minimum Gasteiger partial charge on any atom is -0.506 e. The third kappa shape index (κ3) is 4.00. The van der Waals surface area contributed by atoms with E-state index in [1.807, 2.05) is 20.8 Å². The molecule has 0 aromatic carbocycles. The Hall–Kier alpha value is -1.62.